The molecule has 0 atom stereocenters. The van der Waals surface area contributed by atoms with Crippen LogP contribution in [0.1, 0.15) is 166 Å². The Morgan fingerprint density at radius 3 is 1.71 bits per heavy atom. The summed E-state index contributed by atoms with van der Waals surface area (Å²) in [6, 6.07) is 29.1. The molecule has 0 aliphatic heterocycles. The van der Waals surface area contributed by atoms with Gasteiger partial charge >= 0.3 is 0 Å². The summed E-state index contributed by atoms with van der Waals surface area (Å²) in [7, 11) is 0. The molecule has 0 spiro atoms. The van der Waals surface area contributed by atoms with E-state index >= 15 is 0 Å². The van der Waals surface area contributed by atoms with Crippen molar-refractivity contribution in [1.29, 1.82) is 0 Å². The average molecular weight is 1060 g/mol. The first kappa shape index (κ1) is 56.3. The molecule has 9 rings (SSSR count). The molecule has 2 fully saturated rings. The minimum Gasteiger partial charge on any atom is -0.398 e. The summed E-state index contributed by atoms with van der Waals surface area (Å²) in [6.07, 6.45) is 24.7. The van der Waals surface area contributed by atoms with Gasteiger partial charge in [-0.15, -0.1) is 0 Å². The molecule has 12 heteroatoms. The largest absolute Gasteiger partial charge is 0.398 e. The standard InChI is InChI=1S/C67H84N10O2/c1-44-36-60(61(41-55(44)68)74-53-20-12-10-13-21-53)75-59-39-46(3)57(38-48(59)5)70-32-16-6-8-18-34-72-66(78)51-28-24-49(25-29-51)50-26-30-52(31-27-50)67(79)73-35-19-9-7-17-33-71-58-43-65-63(40-47(58)4)76-62-37-45(2)56(69)42-64(62)77(65)54-22-14-11-15-23-54/h24-31,36-43,53-54,70,74H,5-23,32-35,68H2,1-4H3,(H4,69,71,72,73,78,79)/p+1. The molecule has 79 heavy (non-hydrogen) atoms. The van der Waals surface area contributed by atoms with Crippen LogP contribution < -0.4 is 42.6 Å². The molecule has 0 saturated heterocycles. The van der Waals surface area contributed by atoms with Gasteiger partial charge in [-0.3, -0.25) is 9.59 Å². The first-order valence-corrected chi connectivity index (χ1v) is 29.5. The number of aromatic nitrogens is 2. The number of nitrogens with two attached hydrogens (primary N) is 2. The SMILES string of the molecule is C=C1C=C(NCCCCCCNC(=O)c2ccc(-c3ccc(C(=O)NCCCCCCNc4cc5c(cc4C)nc4cc(C)c(N)cc4[n+]5C4CCCCC4)cc3)cc2)C(C)=CC1=Nc1cc(C)c(N)cc1NC1CCCCC1. The number of nitrogens with zero attached hydrogens (tertiary/aromatic N) is 3. The van der Waals surface area contributed by atoms with Crippen molar-refractivity contribution < 1.29 is 14.2 Å². The van der Waals surface area contributed by atoms with Gasteiger partial charge in [0.1, 0.15) is 11.0 Å². The van der Waals surface area contributed by atoms with E-state index in [4.69, 9.17) is 21.4 Å². The highest BCUT2D eigenvalue weighted by Crippen LogP contribution is 2.35. The Balaban J connectivity index is 0.640. The van der Waals surface area contributed by atoms with Crippen molar-refractivity contribution in [3.63, 3.8) is 0 Å². The molecule has 2 saturated carbocycles. The predicted octanol–water partition coefficient (Wildman–Crippen LogP) is 14.1. The van der Waals surface area contributed by atoms with Gasteiger partial charge in [0.2, 0.25) is 11.0 Å². The molecule has 0 radical (unpaired) electrons. The molecule has 9 N–H and O–H groups in total. The molecule has 1 aromatic heterocycles. The topological polar surface area (TPSA) is 175 Å². The molecule has 2 amide bonds. The summed E-state index contributed by atoms with van der Waals surface area (Å²) in [5.41, 5.74) is 32.3. The van der Waals surface area contributed by atoms with Crippen LogP contribution >= 0.6 is 0 Å². The number of nitrogen functional groups attached to an aromatic ring is 2. The van der Waals surface area contributed by atoms with E-state index in [1.165, 1.54) is 75.3 Å². The Morgan fingerprint density at radius 2 is 1.10 bits per heavy atom. The maximum Gasteiger partial charge on any atom is 0.251 e. The first-order valence-electron chi connectivity index (χ1n) is 29.5. The van der Waals surface area contributed by atoms with Gasteiger partial charge in [-0.2, -0.15) is 4.57 Å². The van der Waals surface area contributed by atoms with E-state index < -0.39 is 0 Å². The number of rotatable bonds is 23. The number of aryl methyl sites for hydroxylation is 3. The molecule has 12 nitrogen and oxygen atoms in total. The molecule has 6 aromatic rings. The number of anilines is 4. The van der Waals surface area contributed by atoms with Crippen molar-refractivity contribution in [2.75, 3.05) is 48.3 Å². The van der Waals surface area contributed by atoms with Crippen LogP contribution in [0, 0.1) is 20.8 Å². The molecule has 3 aliphatic carbocycles. The number of carbonyl (C=O) groups excluding carboxylic acids is 2. The van der Waals surface area contributed by atoms with Gasteiger partial charge in [0, 0.05) is 91.1 Å². The van der Waals surface area contributed by atoms with E-state index in [1.807, 2.05) is 61.5 Å². The Bertz CT molecular complexity index is 3230. The van der Waals surface area contributed by atoms with Crippen molar-refractivity contribution in [2.45, 2.75) is 155 Å². The second-order valence-electron chi connectivity index (χ2n) is 22.6. The van der Waals surface area contributed by atoms with Gasteiger partial charge in [-0.25, -0.2) is 9.98 Å². The second kappa shape index (κ2) is 26.9. The summed E-state index contributed by atoms with van der Waals surface area (Å²) in [6.45, 7) is 15.8. The highest BCUT2D eigenvalue weighted by Gasteiger charge is 2.29. The quantitative estimate of drug-likeness (QED) is 0.0144. The number of benzene rings is 5. The van der Waals surface area contributed by atoms with Gasteiger partial charge in [0.25, 0.3) is 11.8 Å². The number of nitrogens with one attached hydrogen (secondary N) is 5. The zero-order valence-corrected chi connectivity index (χ0v) is 47.5. The Morgan fingerprint density at radius 1 is 0.582 bits per heavy atom. The van der Waals surface area contributed by atoms with E-state index in [1.54, 1.807) is 0 Å². The third-order valence-electron chi connectivity index (χ3n) is 16.4. The van der Waals surface area contributed by atoms with Gasteiger partial charge in [0.15, 0.2) is 6.04 Å². The maximum absolute atomic E-state index is 13.0. The first-order chi connectivity index (χ1) is 38.4. The Labute approximate surface area is 469 Å². The highest BCUT2D eigenvalue weighted by molar-refractivity contribution is 6.13. The molecule has 0 bridgehead atoms. The number of allylic oxidation sites excluding steroid dienone is 4. The van der Waals surface area contributed by atoms with Gasteiger partial charge in [0.05, 0.1) is 17.1 Å². The van der Waals surface area contributed by atoms with E-state index in [-0.39, 0.29) is 11.8 Å². The molecule has 5 aromatic carbocycles. The number of fused-ring (bicyclic) bond motifs is 2. The second-order valence-corrected chi connectivity index (χ2v) is 22.6. The third kappa shape index (κ3) is 14.6. The Kier molecular flexibility index (Phi) is 19.2. The zero-order valence-electron chi connectivity index (χ0n) is 47.5. The highest BCUT2D eigenvalue weighted by atomic mass is 16.2. The Hall–Kier alpha value is -7.47. The molecule has 1 heterocycles. The summed E-state index contributed by atoms with van der Waals surface area (Å²) in [5.74, 6) is -0.130. The molecule has 3 aliphatic rings. The van der Waals surface area contributed by atoms with Crippen molar-refractivity contribution >= 4 is 68.0 Å². The smallest absolute Gasteiger partial charge is 0.251 e. The third-order valence-corrected chi connectivity index (χ3v) is 16.4. The van der Waals surface area contributed by atoms with Crippen molar-refractivity contribution in [3.8, 4) is 11.1 Å². The lowest BCUT2D eigenvalue weighted by Crippen LogP contribution is -2.42. The van der Waals surface area contributed by atoms with Crippen LogP contribution in [0.25, 0.3) is 33.2 Å². The summed E-state index contributed by atoms with van der Waals surface area (Å²) < 4.78 is 2.53. The minimum absolute atomic E-state index is 0.0622. The van der Waals surface area contributed by atoms with Crippen molar-refractivity contribution in [3.05, 3.63) is 148 Å². The van der Waals surface area contributed by atoms with E-state index in [2.05, 4.69) is 101 Å². The van der Waals surface area contributed by atoms with E-state index in [0.29, 0.717) is 36.3 Å². The van der Waals surface area contributed by atoms with Gasteiger partial charge < -0.3 is 38.1 Å². The van der Waals surface area contributed by atoms with Gasteiger partial charge in [-0.05, 0) is 179 Å². The van der Waals surface area contributed by atoms with Crippen LogP contribution in [0.15, 0.2) is 125 Å². The van der Waals surface area contributed by atoms with Crippen molar-refractivity contribution in [2.24, 2.45) is 4.99 Å². The lowest BCUT2D eigenvalue weighted by molar-refractivity contribution is -0.677. The van der Waals surface area contributed by atoms with Crippen LogP contribution in [0.4, 0.5) is 28.4 Å². The minimum atomic E-state index is -0.0677. The van der Waals surface area contributed by atoms with Crippen LogP contribution in [-0.4, -0.2) is 54.7 Å². The van der Waals surface area contributed by atoms with E-state index in [9.17, 15) is 9.59 Å². The zero-order chi connectivity index (χ0) is 55.3. The van der Waals surface area contributed by atoms with Gasteiger partial charge in [-0.1, -0.05) is 82.2 Å². The molecule has 414 valence electrons. The summed E-state index contributed by atoms with van der Waals surface area (Å²) in [4.78, 5) is 36.2. The normalized spacial score (nSPS) is 15.7. The molecular weight excluding hydrogens is 977 g/mol. The van der Waals surface area contributed by atoms with Crippen LogP contribution in [0.5, 0.6) is 0 Å². The number of carbonyl (C=O) groups is 2. The number of hydrogen-bond acceptors (Lipinski definition) is 9. The lowest BCUT2D eigenvalue weighted by atomic mass is 9.94. The fourth-order valence-electron chi connectivity index (χ4n) is 11.6. The monoisotopic (exact) mass is 1060 g/mol. The predicted molar refractivity (Wildman–Crippen MR) is 330 cm³/mol. The number of amides is 2. The lowest BCUT2D eigenvalue weighted by Gasteiger charge is -2.25. The van der Waals surface area contributed by atoms with Crippen LogP contribution in [0.2, 0.25) is 0 Å². The molecular formula is C67H85N10O2+. The van der Waals surface area contributed by atoms with E-state index in [0.717, 1.165) is 154 Å². The van der Waals surface area contributed by atoms with Crippen molar-refractivity contribution in [1.82, 2.24) is 20.9 Å². The number of hydrogen-bond donors (Lipinski definition) is 7. The summed E-state index contributed by atoms with van der Waals surface area (Å²) >= 11 is 0. The number of aliphatic imine (C=N–C) groups is 1. The van der Waals surface area contributed by atoms with Crippen LogP contribution in [-0.2, 0) is 0 Å². The fraction of sp³-hybridized carbons (Fsp3) is 0.418. The molecule has 0 unspecified atom stereocenters. The summed E-state index contributed by atoms with van der Waals surface area (Å²) in [5, 5.41) is 17.3. The average Bonchev–Trinajstić information content (AvgIpc) is 3.46. The maximum atomic E-state index is 13.0. The fourth-order valence-corrected chi connectivity index (χ4v) is 11.6. The van der Waals surface area contributed by atoms with Crippen LogP contribution in [0.3, 0.4) is 0 Å². The number of unbranched alkanes of at least 4 members (excludes halogenated alkanes) is 6.